The molecule has 19 heavy (non-hydrogen) atoms. The van der Waals surface area contributed by atoms with Crippen LogP contribution in [0.2, 0.25) is 0 Å². The van der Waals surface area contributed by atoms with Crippen molar-refractivity contribution in [2.75, 3.05) is 0 Å². The predicted octanol–water partition coefficient (Wildman–Crippen LogP) is 5.39. The second-order valence-corrected chi connectivity index (χ2v) is 8.75. The Balaban J connectivity index is 2.17. The zero-order valence-corrected chi connectivity index (χ0v) is 14.1. The maximum absolute atomic E-state index is 9.11. The van der Waals surface area contributed by atoms with Gasteiger partial charge in [-0.2, -0.15) is 5.26 Å². The van der Waals surface area contributed by atoms with Crippen molar-refractivity contribution in [1.29, 1.82) is 5.26 Å². The number of alkyl halides is 4. The van der Waals surface area contributed by atoms with E-state index < -0.39 is 14.1 Å². The van der Waals surface area contributed by atoms with Crippen LogP contribution in [0.1, 0.15) is 19.3 Å². The number of fused-ring (bicyclic) bond motifs is 5. The predicted molar refractivity (Wildman–Crippen MR) is 80.3 cm³/mol. The molecule has 0 spiro atoms. The van der Waals surface area contributed by atoms with E-state index in [2.05, 4.69) is 6.07 Å². The van der Waals surface area contributed by atoms with Crippen LogP contribution in [0.4, 0.5) is 0 Å². The van der Waals surface area contributed by atoms with Gasteiger partial charge in [-0.1, -0.05) is 46.4 Å². The number of hydrogen-bond donors (Lipinski definition) is 0. The highest BCUT2D eigenvalue weighted by Crippen LogP contribution is 2.78. The summed E-state index contributed by atoms with van der Waals surface area (Å²) in [6.07, 6.45) is 2.08. The number of nitriles is 1. The minimum Gasteiger partial charge on any atom is -0.198 e. The van der Waals surface area contributed by atoms with Gasteiger partial charge in [0.05, 0.1) is 16.1 Å². The minimum atomic E-state index is -1.46. The molecule has 0 saturated heterocycles. The van der Waals surface area contributed by atoms with Crippen LogP contribution in [-0.2, 0) is 0 Å². The van der Waals surface area contributed by atoms with Gasteiger partial charge in [-0.25, -0.2) is 0 Å². The number of allylic oxidation sites excluding steroid dienone is 2. The highest BCUT2D eigenvalue weighted by Gasteiger charge is 2.82. The number of hydrogen-bond acceptors (Lipinski definition) is 1. The monoisotopic (exact) mass is 377 g/mol. The zero-order chi connectivity index (χ0) is 14.2. The third-order valence-electron chi connectivity index (χ3n) is 4.80. The normalized spacial score (nSPS) is 51.1. The molecule has 0 N–H and O–H groups in total. The zero-order valence-electron chi connectivity index (χ0n) is 9.57. The molecule has 3 aliphatic carbocycles. The summed E-state index contributed by atoms with van der Waals surface area (Å²) in [4.78, 5) is -2.35. The quantitative estimate of drug-likeness (QED) is 0.518. The summed E-state index contributed by atoms with van der Waals surface area (Å²) in [6.45, 7) is 0. The van der Waals surface area contributed by atoms with Gasteiger partial charge in [-0.3, -0.25) is 0 Å². The van der Waals surface area contributed by atoms with Gasteiger partial charge < -0.3 is 0 Å². The fourth-order valence-corrected chi connectivity index (χ4v) is 6.98. The highest BCUT2D eigenvalue weighted by atomic mass is 35.5. The second kappa shape index (κ2) is 4.25. The first-order valence-corrected chi connectivity index (χ1v) is 8.21. The van der Waals surface area contributed by atoms with E-state index >= 15 is 0 Å². The highest BCUT2D eigenvalue weighted by molar-refractivity contribution is 6.65. The van der Waals surface area contributed by atoms with Crippen LogP contribution >= 0.6 is 69.6 Å². The first-order valence-electron chi connectivity index (χ1n) is 5.94. The van der Waals surface area contributed by atoms with Crippen molar-refractivity contribution in [3.8, 4) is 6.07 Å². The summed E-state index contributed by atoms with van der Waals surface area (Å²) in [5.74, 6) is -0.250. The van der Waals surface area contributed by atoms with Crippen molar-refractivity contribution >= 4 is 69.6 Å². The van der Waals surface area contributed by atoms with Gasteiger partial charge in [0.15, 0.2) is 4.33 Å². The van der Waals surface area contributed by atoms with E-state index in [0.717, 1.165) is 12.8 Å². The Morgan fingerprint density at radius 1 is 0.947 bits per heavy atom. The maximum Gasteiger partial charge on any atom is 0.166 e. The standard InChI is InChI=1S/C12H9Cl6N/c13-8-9(14)11(16)7-3-5(4-19)1-2-6(7)10(8,15)12(11,17)18/h5-7H,1-3H2. The molecule has 7 heteroatoms. The summed E-state index contributed by atoms with van der Waals surface area (Å²) in [5, 5.41) is 9.60. The lowest BCUT2D eigenvalue weighted by atomic mass is 9.69. The Morgan fingerprint density at radius 3 is 2.00 bits per heavy atom. The SMILES string of the molecule is N#CC1CCC2C(C1)C1(Cl)C(Cl)=C(Cl)C2(Cl)C1(Cl)Cl. The van der Waals surface area contributed by atoms with Gasteiger partial charge in [0, 0.05) is 5.92 Å². The van der Waals surface area contributed by atoms with Gasteiger partial charge in [0.2, 0.25) is 0 Å². The van der Waals surface area contributed by atoms with E-state index in [1.807, 2.05) is 0 Å². The van der Waals surface area contributed by atoms with Crippen LogP contribution in [0.25, 0.3) is 0 Å². The Hall–Kier alpha value is 0.970. The molecule has 104 valence electrons. The fourth-order valence-electron chi connectivity index (χ4n) is 3.85. The van der Waals surface area contributed by atoms with E-state index in [-0.39, 0.29) is 27.8 Å². The molecule has 5 atom stereocenters. The first kappa shape index (κ1) is 14.9. The van der Waals surface area contributed by atoms with Gasteiger partial charge in [0.25, 0.3) is 0 Å². The lowest BCUT2D eigenvalue weighted by molar-refractivity contribution is 0.204. The second-order valence-electron chi connectivity index (χ2n) is 5.48. The van der Waals surface area contributed by atoms with Gasteiger partial charge in [-0.05, 0) is 31.1 Å². The summed E-state index contributed by atoms with van der Waals surface area (Å²) in [7, 11) is 0. The minimum absolute atomic E-state index is 0.0544. The summed E-state index contributed by atoms with van der Waals surface area (Å²) in [6, 6.07) is 2.28. The number of nitrogens with zero attached hydrogens (tertiary/aromatic N) is 1. The molecule has 0 radical (unpaired) electrons. The van der Waals surface area contributed by atoms with Gasteiger partial charge in [0.1, 0.15) is 9.75 Å². The Labute approximate surface area is 141 Å². The van der Waals surface area contributed by atoms with E-state index in [9.17, 15) is 0 Å². The Morgan fingerprint density at radius 2 is 1.47 bits per heavy atom. The van der Waals surface area contributed by atoms with Crippen LogP contribution in [0, 0.1) is 29.1 Å². The average Bonchev–Trinajstić information content (AvgIpc) is 2.59. The van der Waals surface area contributed by atoms with Crippen molar-refractivity contribution in [3.05, 3.63) is 10.1 Å². The number of halogens is 6. The molecular weight excluding hydrogens is 371 g/mol. The molecule has 0 aromatic heterocycles. The molecule has 0 aromatic rings. The molecule has 0 aliphatic heterocycles. The largest absolute Gasteiger partial charge is 0.198 e. The topological polar surface area (TPSA) is 23.8 Å². The Kier molecular flexibility index (Phi) is 3.33. The van der Waals surface area contributed by atoms with Gasteiger partial charge >= 0.3 is 0 Å². The molecule has 0 heterocycles. The van der Waals surface area contributed by atoms with E-state index in [4.69, 9.17) is 74.9 Å². The third kappa shape index (κ3) is 1.42. The lowest BCUT2D eigenvalue weighted by Crippen LogP contribution is -2.44. The van der Waals surface area contributed by atoms with E-state index in [1.54, 1.807) is 0 Å². The molecular formula is C12H9Cl6N. The van der Waals surface area contributed by atoms with Crippen LogP contribution < -0.4 is 0 Å². The van der Waals surface area contributed by atoms with Crippen molar-refractivity contribution in [3.63, 3.8) is 0 Å². The molecule has 1 nitrogen and oxygen atoms in total. The van der Waals surface area contributed by atoms with Crippen LogP contribution in [0.15, 0.2) is 10.1 Å². The molecule has 2 bridgehead atoms. The van der Waals surface area contributed by atoms with Crippen molar-refractivity contribution in [2.24, 2.45) is 17.8 Å². The molecule has 2 saturated carbocycles. The average molecular weight is 380 g/mol. The first-order chi connectivity index (χ1) is 8.72. The molecule has 2 fully saturated rings. The summed E-state index contributed by atoms with van der Waals surface area (Å²) in [5.41, 5.74) is 0. The van der Waals surface area contributed by atoms with Crippen molar-refractivity contribution in [1.82, 2.24) is 0 Å². The van der Waals surface area contributed by atoms with Crippen LogP contribution in [0.5, 0.6) is 0 Å². The number of rotatable bonds is 0. The fraction of sp³-hybridized carbons (Fsp3) is 0.750. The lowest BCUT2D eigenvalue weighted by Gasteiger charge is -2.41. The van der Waals surface area contributed by atoms with E-state index in [0.29, 0.717) is 6.42 Å². The van der Waals surface area contributed by atoms with Crippen LogP contribution in [0.3, 0.4) is 0 Å². The van der Waals surface area contributed by atoms with Crippen molar-refractivity contribution < 1.29 is 0 Å². The molecule has 5 unspecified atom stereocenters. The van der Waals surface area contributed by atoms with E-state index in [1.165, 1.54) is 0 Å². The molecule has 0 amide bonds. The maximum atomic E-state index is 9.11. The molecule has 3 aliphatic rings. The van der Waals surface area contributed by atoms with Gasteiger partial charge in [-0.15, -0.1) is 23.2 Å². The summed E-state index contributed by atoms with van der Waals surface area (Å²) >= 11 is 38.9. The molecule has 0 aromatic carbocycles. The van der Waals surface area contributed by atoms with Crippen LogP contribution in [-0.4, -0.2) is 14.1 Å². The van der Waals surface area contributed by atoms with Crippen molar-refractivity contribution in [2.45, 2.75) is 33.3 Å². The smallest absolute Gasteiger partial charge is 0.166 e. The Bertz CT molecular complexity index is 523. The summed E-state index contributed by atoms with van der Waals surface area (Å²) < 4.78 is -1.46. The molecule has 3 rings (SSSR count). The third-order valence-corrected chi connectivity index (χ3v) is 9.15.